The lowest BCUT2D eigenvalue weighted by molar-refractivity contribution is 0.623. The summed E-state index contributed by atoms with van der Waals surface area (Å²) in [6.07, 6.45) is 2.42. The van der Waals surface area contributed by atoms with Crippen LogP contribution in [0.2, 0.25) is 0 Å². The van der Waals surface area contributed by atoms with Crippen LogP contribution in [0.5, 0.6) is 0 Å². The molecule has 1 aliphatic rings. The summed E-state index contributed by atoms with van der Waals surface area (Å²) in [6.45, 7) is 7.40. The zero-order valence-electron chi connectivity index (χ0n) is 15.8. The Labute approximate surface area is 158 Å². The Morgan fingerprint density at radius 3 is 2.33 bits per heavy atom. The molecule has 0 fully saturated rings. The van der Waals surface area contributed by atoms with Crippen LogP contribution in [-0.2, 0) is 6.42 Å². The van der Waals surface area contributed by atoms with Gasteiger partial charge in [0, 0.05) is 29.1 Å². The van der Waals surface area contributed by atoms with E-state index in [1.807, 2.05) is 39.0 Å². The number of aryl methyl sites for hydroxylation is 2. The van der Waals surface area contributed by atoms with Gasteiger partial charge in [0.1, 0.15) is 0 Å². The predicted octanol–water partition coefficient (Wildman–Crippen LogP) is 5.12. The number of allylic oxidation sites excluding steroid dienone is 3. The lowest BCUT2D eigenvalue weighted by atomic mass is 9.94. The van der Waals surface area contributed by atoms with Crippen molar-refractivity contribution in [1.82, 2.24) is 4.48 Å². The molecule has 0 amide bonds. The van der Waals surface area contributed by atoms with Crippen LogP contribution in [0, 0.1) is 25.2 Å². The van der Waals surface area contributed by atoms with Crippen LogP contribution < -0.4 is 0 Å². The molecule has 0 spiro atoms. The molecule has 2 heterocycles. The third kappa shape index (κ3) is 3.63. The maximum absolute atomic E-state index is 13.8. The molecule has 0 radical (unpaired) electrons. The predicted molar refractivity (Wildman–Crippen MR) is 106 cm³/mol. The minimum absolute atomic E-state index is 0.458. The fraction of sp³-hybridized carbons (Fsp3) is 0.238. The molecule has 1 aromatic heterocycles. The molecular weight excluding hydrogens is 343 g/mol. The molecule has 0 atom stereocenters. The molecule has 0 unspecified atom stereocenters. The third-order valence-electron chi connectivity index (χ3n) is 4.74. The van der Waals surface area contributed by atoms with Gasteiger partial charge in [-0.05, 0) is 68.7 Å². The van der Waals surface area contributed by atoms with Gasteiger partial charge in [-0.2, -0.15) is 5.26 Å². The van der Waals surface area contributed by atoms with Gasteiger partial charge in [-0.3, -0.25) is 13.6 Å². The van der Waals surface area contributed by atoms with E-state index < -0.39 is 7.40 Å². The molecule has 0 aliphatic carbocycles. The van der Waals surface area contributed by atoms with Crippen molar-refractivity contribution in [2.45, 2.75) is 34.1 Å². The molecule has 0 saturated heterocycles. The van der Waals surface area contributed by atoms with E-state index in [0.29, 0.717) is 23.4 Å². The Kier molecular flexibility index (Phi) is 5.14. The summed E-state index contributed by atoms with van der Waals surface area (Å²) in [5, 5.41) is 8.99. The van der Waals surface area contributed by atoms with Crippen molar-refractivity contribution < 1.29 is 8.63 Å². The van der Waals surface area contributed by atoms with E-state index in [0.717, 1.165) is 38.2 Å². The van der Waals surface area contributed by atoms with Crippen molar-refractivity contribution in [3.05, 3.63) is 75.8 Å². The molecule has 6 heteroatoms. The minimum Gasteiger partial charge on any atom is -0.329 e. The highest BCUT2D eigenvalue weighted by Crippen LogP contribution is 2.34. The molecule has 136 valence electrons. The fourth-order valence-electron chi connectivity index (χ4n) is 3.62. The lowest BCUT2D eigenvalue weighted by Gasteiger charge is -2.16. The maximum Gasteiger partial charge on any atom is 0.677 e. The number of aliphatic imine (C=N–C) groups is 1. The SMILES string of the molecule is CC1=CC(C)=N/C1=C(\Cc1ccc(C#N)cc1)c1c(C)cc(C)n1B(F)F. The number of halogens is 2. The molecular formula is C21H20BF2N3. The summed E-state index contributed by atoms with van der Waals surface area (Å²) in [5.74, 6) is 0. The topological polar surface area (TPSA) is 41.1 Å². The molecule has 0 bridgehead atoms. The number of aromatic nitrogens is 1. The van der Waals surface area contributed by atoms with Gasteiger partial charge in [0.2, 0.25) is 0 Å². The zero-order chi connectivity index (χ0) is 19.7. The minimum atomic E-state index is -2.62. The Balaban J connectivity index is 2.20. The van der Waals surface area contributed by atoms with E-state index in [4.69, 9.17) is 5.26 Å². The van der Waals surface area contributed by atoms with Gasteiger partial charge in [-0.1, -0.05) is 12.1 Å². The van der Waals surface area contributed by atoms with Crippen molar-refractivity contribution >= 4 is 18.7 Å². The van der Waals surface area contributed by atoms with Crippen LogP contribution in [0.1, 0.15) is 41.9 Å². The molecule has 0 N–H and O–H groups in total. The summed E-state index contributed by atoms with van der Waals surface area (Å²) < 4.78 is 28.7. The van der Waals surface area contributed by atoms with Crippen molar-refractivity contribution in [3.8, 4) is 6.07 Å². The van der Waals surface area contributed by atoms with Gasteiger partial charge in [0.15, 0.2) is 0 Å². The Morgan fingerprint density at radius 1 is 1.15 bits per heavy atom. The fourth-order valence-corrected chi connectivity index (χ4v) is 3.62. The summed E-state index contributed by atoms with van der Waals surface area (Å²) in [4.78, 5) is 4.62. The first kappa shape index (κ1) is 18.8. The third-order valence-corrected chi connectivity index (χ3v) is 4.74. The summed E-state index contributed by atoms with van der Waals surface area (Å²) >= 11 is 0. The van der Waals surface area contributed by atoms with Crippen molar-refractivity contribution in [3.63, 3.8) is 0 Å². The number of rotatable bonds is 4. The smallest absolute Gasteiger partial charge is 0.329 e. The Morgan fingerprint density at radius 2 is 1.81 bits per heavy atom. The van der Waals surface area contributed by atoms with Crippen LogP contribution in [0.4, 0.5) is 8.63 Å². The van der Waals surface area contributed by atoms with Crippen LogP contribution >= 0.6 is 0 Å². The van der Waals surface area contributed by atoms with E-state index in [1.54, 1.807) is 25.1 Å². The van der Waals surface area contributed by atoms with E-state index >= 15 is 0 Å². The first-order valence-electron chi connectivity index (χ1n) is 8.75. The molecule has 3 nitrogen and oxygen atoms in total. The number of benzene rings is 1. The van der Waals surface area contributed by atoms with Crippen LogP contribution in [0.3, 0.4) is 0 Å². The highest BCUT2D eigenvalue weighted by molar-refractivity contribution is 6.41. The summed E-state index contributed by atoms with van der Waals surface area (Å²) in [7, 11) is -2.62. The van der Waals surface area contributed by atoms with Gasteiger partial charge in [0.05, 0.1) is 17.3 Å². The molecule has 1 aromatic carbocycles. The lowest BCUT2D eigenvalue weighted by Crippen LogP contribution is -2.18. The largest absolute Gasteiger partial charge is 0.677 e. The maximum atomic E-state index is 13.8. The molecule has 1 aliphatic heterocycles. The second-order valence-corrected chi connectivity index (χ2v) is 6.86. The first-order valence-corrected chi connectivity index (χ1v) is 8.75. The molecule has 2 aromatic rings. The summed E-state index contributed by atoms with van der Waals surface area (Å²) in [5.41, 5.74) is 6.72. The van der Waals surface area contributed by atoms with E-state index in [-0.39, 0.29) is 0 Å². The number of hydrogen-bond acceptors (Lipinski definition) is 2. The number of hydrogen-bond donors (Lipinski definition) is 0. The highest BCUT2D eigenvalue weighted by atomic mass is 19.2. The monoisotopic (exact) mass is 363 g/mol. The van der Waals surface area contributed by atoms with Gasteiger partial charge >= 0.3 is 7.40 Å². The average molecular weight is 363 g/mol. The molecule has 3 rings (SSSR count). The quantitative estimate of drug-likeness (QED) is 0.695. The van der Waals surface area contributed by atoms with E-state index in [1.165, 1.54) is 0 Å². The molecule has 0 saturated carbocycles. The highest BCUT2D eigenvalue weighted by Gasteiger charge is 2.28. The Hall–Kier alpha value is -2.94. The number of nitrogens with zero attached hydrogens (tertiary/aromatic N) is 3. The van der Waals surface area contributed by atoms with Crippen molar-refractivity contribution in [1.29, 1.82) is 5.26 Å². The van der Waals surface area contributed by atoms with Crippen molar-refractivity contribution in [2.24, 2.45) is 4.99 Å². The van der Waals surface area contributed by atoms with E-state index in [2.05, 4.69) is 11.1 Å². The van der Waals surface area contributed by atoms with Gasteiger partial charge in [-0.25, -0.2) is 0 Å². The normalized spacial score (nSPS) is 15.3. The zero-order valence-corrected chi connectivity index (χ0v) is 15.8. The summed E-state index contributed by atoms with van der Waals surface area (Å²) in [6, 6.07) is 11.1. The molecule has 27 heavy (non-hydrogen) atoms. The first-order chi connectivity index (χ1) is 12.8. The van der Waals surface area contributed by atoms with Gasteiger partial charge in [-0.15, -0.1) is 0 Å². The van der Waals surface area contributed by atoms with Gasteiger partial charge < -0.3 is 4.48 Å². The van der Waals surface area contributed by atoms with Crippen molar-refractivity contribution in [2.75, 3.05) is 0 Å². The standard InChI is InChI=1S/C21H20BF2N3/c1-13-9-15(3)26-20(13)19(11-17-5-7-18(12-25)8-6-17)21-14(2)10-16(4)27(21)22(23)24/h5-10H,11H2,1-4H3/b20-19+. The van der Waals surface area contributed by atoms with Crippen LogP contribution in [0.25, 0.3) is 5.57 Å². The van der Waals surface area contributed by atoms with E-state index in [9.17, 15) is 8.63 Å². The average Bonchev–Trinajstić information content (AvgIpc) is 3.10. The van der Waals surface area contributed by atoms with Gasteiger partial charge in [0.25, 0.3) is 0 Å². The van der Waals surface area contributed by atoms with Crippen LogP contribution in [-0.4, -0.2) is 17.6 Å². The van der Waals surface area contributed by atoms with Crippen LogP contribution in [0.15, 0.2) is 52.7 Å². The number of nitriles is 1. The second kappa shape index (κ2) is 7.36. The second-order valence-electron chi connectivity index (χ2n) is 6.86. The Bertz CT molecular complexity index is 1020.